The molecule has 1 N–H and O–H groups in total. The third kappa shape index (κ3) is 4.68. The van der Waals surface area contributed by atoms with Crippen LogP contribution in [0.5, 0.6) is 17.2 Å². The zero-order valence-corrected chi connectivity index (χ0v) is 16.2. The van der Waals surface area contributed by atoms with Gasteiger partial charge in [0.15, 0.2) is 11.5 Å². The van der Waals surface area contributed by atoms with Crippen molar-refractivity contribution in [1.82, 2.24) is 0 Å². The molecule has 0 saturated heterocycles. The van der Waals surface area contributed by atoms with E-state index >= 15 is 0 Å². The van der Waals surface area contributed by atoms with E-state index in [1.165, 1.54) is 6.21 Å². The summed E-state index contributed by atoms with van der Waals surface area (Å²) in [5, 5.41) is 33.7. The lowest BCUT2D eigenvalue weighted by molar-refractivity contribution is -0.385. The van der Waals surface area contributed by atoms with Gasteiger partial charge in [-0.2, -0.15) is 0 Å². The SMILES string of the molecule is CCOc1cc([N+](=O)[O-])cc(C=Nc2cc(C(C)(C)C)cc(Cl)c2[O-])c1O. The lowest BCUT2D eigenvalue weighted by Gasteiger charge is -2.23. The fraction of sp³-hybridized carbons (Fsp3) is 0.316. The third-order valence-electron chi connectivity index (χ3n) is 3.83. The van der Waals surface area contributed by atoms with Gasteiger partial charge >= 0.3 is 0 Å². The van der Waals surface area contributed by atoms with Crippen LogP contribution in [-0.4, -0.2) is 22.9 Å². The Bertz CT molecular complexity index is 904. The van der Waals surface area contributed by atoms with E-state index in [1.54, 1.807) is 19.1 Å². The summed E-state index contributed by atoms with van der Waals surface area (Å²) in [6.07, 6.45) is 1.18. The maximum Gasteiger partial charge on any atom is 0.274 e. The van der Waals surface area contributed by atoms with E-state index in [0.29, 0.717) is 0 Å². The number of rotatable bonds is 5. The molecule has 0 amide bonds. The van der Waals surface area contributed by atoms with Crippen molar-refractivity contribution >= 4 is 29.2 Å². The van der Waals surface area contributed by atoms with Gasteiger partial charge in [-0.25, -0.2) is 0 Å². The fourth-order valence-electron chi connectivity index (χ4n) is 2.33. The van der Waals surface area contributed by atoms with E-state index in [-0.39, 0.29) is 45.5 Å². The van der Waals surface area contributed by atoms with Crippen LogP contribution in [0.3, 0.4) is 0 Å². The summed E-state index contributed by atoms with van der Waals surface area (Å²) in [4.78, 5) is 14.6. The number of hydrogen-bond acceptors (Lipinski definition) is 6. The highest BCUT2D eigenvalue weighted by Gasteiger charge is 2.17. The summed E-state index contributed by atoms with van der Waals surface area (Å²) >= 11 is 6.03. The molecule has 0 aliphatic rings. The first-order valence-electron chi connectivity index (χ1n) is 8.24. The number of aliphatic imine (C=N–C) groups is 1. The average Bonchev–Trinajstić information content (AvgIpc) is 2.57. The van der Waals surface area contributed by atoms with Crippen molar-refractivity contribution in [2.75, 3.05) is 6.61 Å². The number of benzene rings is 2. The summed E-state index contributed by atoms with van der Waals surface area (Å²) in [6.45, 7) is 7.82. The third-order valence-corrected chi connectivity index (χ3v) is 4.11. The maximum atomic E-state index is 12.3. The van der Waals surface area contributed by atoms with Gasteiger partial charge in [-0.15, -0.1) is 0 Å². The number of nitrogens with zero attached hydrogens (tertiary/aromatic N) is 2. The highest BCUT2D eigenvalue weighted by atomic mass is 35.5. The lowest BCUT2D eigenvalue weighted by atomic mass is 9.87. The van der Waals surface area contributed by atoms with Crippen LogP contribution in [0.1, 0.15) is 38.8 Å². The van der Waals surface area contributed by atoms with Crippen molar-refractivity contribution in [3.8, 4) is 17.2 Å². The molecule has 0 aliphatic heterocycles. The van der Waals surface area contributed by atoms with Gasteiger partial charge in [-0.05, 0) is 30.0 Å². The number of aromatic hydroxyl groups is 1. The summed E-state index contributed by atoms with van der Waals surface area (Å²) in [6, 6.07) is 5.50. The van der Waals surface area contributed by atoms with Crippen LogP contribution in [-0.2, 0) is 5.41 Å². The summed E-state index contributed by atoms with van der Waals surface area (Å²) in [5.74, 6) is -0.787. The second-order valence-electron chi connectivity index (χ2n) is 6.89. The van der Waals surface area contributed by atoms with Crippen LogP contribution < -0.4 is 9.84 Å². The Balaban J connectivity index is 2.55. The Morgan fingerprint density at radius 2 is 1.96 bits per heavy atom. The van der Waals surface area contributed by atoms with Gasteiger partial charge in [0.1, 0.15) is 0 Å². The van der Waals surface area contributed by atoms with Crippen molar-refractivity contribution in [3.63, 3.8) is 0 Å². The number of halogens is 1. The number of phenolic OH excluding ortho intramolecular Hbond substituents is 1. The van der Waals surface area contributed by atoms with Crippen molar-refractivity contribution in [2.45, 2.75) is 33.1 Å². The molecule has 144 valence electrons. The molecular formula is C19H20ClN2O5-. The first kappa shape index (κ1) is 20.5. The van der Waals surface area contributed by atoms with Crippen LogP contribution in [0, 0.1) is 10.1 Å². The molecule has 2 rings (SSSR count). The normalized spacial score (nSPS) is 11.7. The first-order chi connectivity index (χ1) is 12.5. The second-order valence-corrected chi connectivity index (χ2v) is 7.29. The average molecular weight is 392 g/mol. The Morgan fingerprint density at radius 1 is 1.30 bits per heavy atom. The number of phenols is 1. The molecule has 0 fully saturated rings. The van der Waals surface area contributed by atoms with Gasteiger partial charge in [-0.3, -0.25) is 15.1 Å². The van der Waals surface area contributed by atoms with E-state index in [0.717, 1.165) is 17.7 Å². The smallest absolute Gasteiger partial charge is 0.274 e. The van der Waals surface area contributed by atoms with E-state index in [2.05, 4.69) is 4.99 Å². The highest BCUT2D eigenvalue weighted by molar-refractivity contribution is 6.32. The van der Waals surface area contributed by atoms with E-state index < -0.39 is 10.7 Å². The molecule has 0 heterocycles. The molecule has 0 atom stereocenters. The van der Waals surface area contributed by atoms with Crippen LogP contribution in [0.15, 0.2) is 29.3 Å². The first-order valence-corrected chi connectivity index (χ1v) is 8.61. The van der Waals surface area contributed by atoms with Gasteiger partial charge in [-0.1, -0.05) is 38.1 Å². The molecule has 0 aliphatic carbocycles. The van der Waals surface area contributed by atoms with Crippen LogP contribution in [0.2, 0.25) is 5.02 Å². The number of nitro benzene ring substituents is 1. The van der Waals surface area contributed by atoms with Crippen LogP contribution in [0.4, 0.5) is 11.4 Å². The van der Waals surface area contributed by atoms with Gasteiger partial charge in [0.05, 0.1) is 23.3 Å². The van der Waals surface area contributed by atoms with Crippen molar-refractivity contribution in [3.05, 3.63) is 50.5 Å². The minimum atomic E-state index is -0.602. The molecule has 27 heavy (non-hydrogen) atoms. The molecule has 0 spiro atoms. The molecule has 2 aromatic rings. The van der Waals surface area contributed by atoms with Gasteiger partial charge < -0.3 is 14.9 Å². The number of ether oxygens (including phenoxy) is 1. The number of nitro groups is 1. The zero-order valence-electron chi connectivity index (χ0n) is 15.4. The Hall–Kier alpha value is -2.80. The molecule has 0 radical (unpaired) electrons. The summed E-state index contributed by atoms with van der Waals surface area (Å²) in [5.41, 5.74) is 0.442. The fourth-order valence-corrected chi connectivity index (χ4v) is 2.54. The predicted octanol–water partition coefficient (Wildman–Crippen LogP) is 4.47. The molecule has 2 aromatic carbocycles. The van der Waals surface area contributed by atoms with Gasteiger partial charge in [0.2, 0.25) is 0 Å². The molecule has 7 nitrogen and oxygen atoms in total. The Morgan fingerprint density at radius 3 is 2.52 bits per heavy atom. The van der Waals surface area contributed by atoms with E-state index in [9.17, 15) is 20.3 Å². The zero-order chi connectivity index (χ0) is 20.4. The van der Waals surface area contributed by atoms with E-state index in [4.69, 9.17) is 16.3 Å². The van der Waals surface area contributed by atoms with Crippen molar-refractivity contribution in [2.24, 2.45) is 4.99 Å². The molecule has 0 unspecified atom stereocenters. The van der Waals surface area contributed by atoms with Crippen molar-refractivity contribution < 1.29 is 19.9 Å². The number of hydrogen-bond donors (Lipinski definition) is 1. The largest absolute Gasteiger partial charge is 0.870 e. The van der Waals surface area contributed by atoms with Crippen molar-refractivity contribution in [1.29, 1.82) is 0 Å². The molecule has 0 aromatic heterocycles. The summed E-state index contributed by atoms with van der Waals surface area (Å²) < 4.78 is 5.23. The topological polar surface area (TPSA) is 108 Å². The predicted molar refractivity (Wildman–Crippen MR) is 103 cm³/mol. The standard InChI is InChI=1S/C19H21ClN2O5/c1-5-27-16-9-13(22(25)26)6-11(17(16)23)10-21-15-8-12(19(2,3)4)7-14(20)18(15)24/h6-10,23-24H,5H2,1-4H3/p-1. The monoisotopic (exact) mass is 391 g/mol. The van der Waals surface area contributed by atoms with E-state index in [1.807, 2.05) is 20.8 Å². The lowest BCUT2D eigenvalue weighted by Crippen LogP contribution is -2.11. The molecule has 0 bridgehead atoms. The minimum Gasteiger partial charge on any atom is -0.870 e. The van der Waals surface area contributed by atoms with Crippen LogP contribution in [0.25, 0.3) is 0 Å². The Labute approximate surface area is 162 Å². The number of non-ortho nitro benzene ring substituents is 1. The Kier molecular flexibility index (Phi) is 5.95. The quantitative estimate of drug-likeness (QED) is 0.459. The van der Waals surface area contributed by atoms with Gasteiger partial charge in [0.25, 0.3) is 5.69 Å². The highest BCUT2D eigenvalue weighted by Crippen LogP contribution is 2.38. The molecular weight excluding hydrogens is 372 g/mol. The maximum absolute atomic E-state index is 12.3. The molecule has 8 heteroatoms. The minimum absolute atomic E-state index is 0.0306. The van der Waals surface area contributed by atoms with Gasteiger partial charge in [0, 0.05) is 22.9 Å². The molecule has 0 saturated carbocycles. The second kappa shape index (κ2) is 7.84. The summed E-state index contributed by atoms with van der Waals surface area (Å²) in [7, 11) is 0. The van der Waals surface area contributed by atoms with Crippen LogP contribution >= 0.6 is 11.6 Å².